The highest BCUT2D eigenvalue weighted by molar-refractivity contribution is 5.93. The summed E-state index contributed by atoms with van der Waals surface area (Å²) in [6, 6.07) is 9.88. The molecule has 72 valence electrons. The first-order valence-corrected chi connectivity index (χ1v) is 4.80. The van der Waals surface area contributed by atoms with Crippen LogP contribution in [0.5, 0.6) is 0 Å². The molecule has 0 aliphatic rings. The van der Waals surface area contributed by atoms with Gasteiger partial charge in [-0.1, -0.05) is 32.0 Å². The van der Waals surface area contributed by atoms with E-state index < -0.39 is 0 Å². The van der Waals surface area contributed by atoms with Gasteiger partial charge in [-0.25, -0.2) is 0 Å². The van der Waals surface area contributed by atoms with Crippen molar-refractivity contribution in [1.29, 1.82) is 0 Å². The predicted molar refractivity (Wildman–Crippen MR) is 57.4 cm³/mol. The van der Waals surface area contributed by atoms with E-state index in [-0.39, 0.29) is 11.8 Å². The molecular weight excluding hydrogens is 174 g/mol. The maximum Gasteiger partial charge on any atom is 0.233 e. The fraction of sp³-hybridized carbons (Fsp3) is 0.250. The second-order valence-corrected chi connectivity index (χ2v) is 3.74. The molecule has 0 radical (unpaired) electrons. The fourth-order valence-corrected chi connectivity index (χ4v) is 1.55. The van der Waals surface area contributed by atoms with Crippen LogP contribution >= 0.6 is 0 Å². The summed E-state index contributed by atoms with van der Waals surface area (Å²) in [5, 5.41) is 1.11. The topological polar surface area (TPSA) is 22.0 Å². The highest BCUT2D eigenvalue weighted by Crippen LogP contribution is 2.16. The summed E-state index contributed by atoms with van der Waals surface area (Å²) in [6.07, 6.45) is 1.84. The molecule has 0 aliphatic carbocycles. The first kappa shape index (κ1) is 9.00. The van der Waals surface area contributed by atoms with Gasteiger partial charge in [0.2, 0.25) is 5.91 Å². The Bertz CT molecular complexity index is 468. The van der Waals surface area contributed by atoms with Crippen LogP contribution in [0.15, 0.2) is 36.5 Å². The van der Waals surface area contributed by atoms with Gasteiger partial charge < -0.3 is 0 Å². The lowest BCUT2D eigenvalue weighted by Gasteiger charge is -2.06. The van der Waals surface area contributed by atoms with Gasteiger partial charge in [0.25, 0.3) is 0 Å². The predicted octanol–water partition coefficient (Wildman–Crippen LogP) is 2.94. The molecule has 0 saturated heterocycles. The normalized spacial score (nSPS) is 11.1. The van der Waals surface area contributed by atoms with Crippen molar-refractivity contribution in [3.63, 3.8) is 0 Å². The lowest BCUT2D eigenvalue weighted by Crippen LogP contribution is -2.15. The minimum Gasteiger partial charge on any atom is -0.287 e. The van der Waals surface area contributed by atoms with Crippen LogP contribution in [0, 0.1) is 5.92 Å². The molecule has 14 heavy (non-hydrogen) atoms. The Morgan fingerprint density at radius 2 is 1.93 bits per heavy atom. The third-order valence-corrected chi connectivity index (χ3v) is 2.33. The highest BCUT2D eigenvalue weighted by atomic mass is 16.2. The third kappa shape index (κ3) is 1.33. The van der Waals surface area contributed by atoms with Crippen molar-refractivity contribution in [2.24, 2.45) is 5.92 Å². The van der Waals surface area contributed by atoms with E-state index in [0.717, 1.165) is 10.9 Å². The van der Waals surface area contributed by atoms with E-state index in [2.05, 4.69) is 0 Å². The number of hydrogen-bond donors (Lipinski definition) is 0. The second-order valence-electron chi connectivity index (χ2n) is 3.74. The summed E-state index contributed by atoms with van der Waals surface area (Å²) in [5.41, 5.74) is 0.992. The van der Waals surface area contributed by atoms with E-state index in [9.17, 15) is 4.79 Å². The molecule has 2 aromatic rings. The molecule has 1 aromatic carbocycles. The van der Waals surface area contributed by atoms with Gasteiger partial charge in [0, 0.05) is 17.5 Å². The largest absolute Gasteiger partial charge is 0.287 e. The Balaban J connectivity index is 2.58. The van der Waals surface area contributed by atoms with E-state index in [0.29, 0.717) is 0 Å². The molecule has 0 saturated carbocycles. The maximum atomic E-state index is 11.8. The number of carbonyl (C=O) groups is 1. The molecule has 0 aliphatic heterocycles. The van der Waals surface area contributed by atoms with Crippen LogP contribution in [-0.2, 0) is 0 Å². The summed E-state index contributed by atoms with van der Waals surface area (Å²) in [4.78, 5) is 11.8. The second kappa shape index (κ2) is 3.29. The molecule has 2 nitrogen and oxygen atoms in total. The summed E-state index contributed by atoms with van der Waals surface area (Å²) in [5.74, 6) is 0.178. The van der Waals surface area contributed by atoms with E-state index in [1.165, 1.54) is 0 Å². The smallest absolute Gasteiger partial charge is 0.233 e. The first-order chi connectivity index (χ1) is 6.70. The molecule has 1 aromatic heterocycles. The summed E-state index contributed by atoms with van der Waals surface area (Å²) in [7, 11) is 0. The van der Waals surface area contributed by atoms with E-state index in [1.54, 1.807) is 4.57 Å². The van der Waals surface area contributed by atoms with Crippen LogP contribution in [-0.4, -0.2) is 10.5 Å². The molecule has 0 bridgehead atoms. The first-order valence-electron chi connectivity index (χ1n) is 4.80. The lowest BCUT2D eigenvalue weighted by atomic mass is 10.2. The van der Waals surface area contributed by atoms with Crippen LogP contribution in [0.3, 0.4) is 0 Å². The molecule has 0 amide bonds. The number of para-hydroxylation sites is 1. The van der Waals surface area contributed by atoms with Gasteiger partial charge in [-0.15, -0.1) is 0 Å². The van der Waals surface area contributed by atoms with Crippen molar-refractivity contribution in [2.75, 3.05) is 0 Å². The van der Waals surface area contributed by atoms with Crippen LogP contribution in [0.4, 0.5) is 0 Å². The highest BCUT2D eigenvalue weighted by Gasteiger charge is 2.11. The summed E-state index contributed by atoms with van der Waals surface area (Å²) >= 11 is 0. The zero-order chi connectivity index (χ0) is 10.1. The minimum atomic E-state index is 0.0332. The Morgan fingerprint density at radius 3 is 2.64 bits per heavy atom. The quantitative estimate of drug-likeness (QED) is 0.672. The van der Waals surface area contributed by atoms with Gasteiger partial charge in [0.15, 0.2) is 0 Å². The van der Waals surface area contributed by atoms with Gasteiger partial charge >= 0.3 is 0 Å². The van der Waals surface area contributed by atoms with Crippen molar-refractivity contribution < 1.29 is 4.79 Å². The molecule has 0 atom stereocenters. The van der Waals surface area contributed by atoms with Gasteiger partial charge in [0.1, 0.15) is 0 Å². The standard InChI is InChI=1S/C12H13NO/c1-9(2)12(14)13-8-7-10-5-3-4-6-11(10)13/h3-9H,1-2H3. The summed E-state index contributed by atoms with van der Waals surface area (Å²) in [6.45, 7) is 3.83. The zero-order valence-corrected chi connectivity index (χ0v) is 8.40. The number of aromatic nitrogens is 1. The number of hydrogen-bond acceptors (Lipinski definition) is 1. The molecule has 0 fully saturated rings. The van der Waals surface area contributed by atoms with Crippen molar-refractivity contribution >= 4 is 16.8 Å². The number of nitrogens with zero attached hydrogens (tertiary/aromatic N) is 1. The number of carbonyl (C=O) groups excluding carboxylic acids is 1. The van der Waals surface area contributed by atoms with Crippen molar-refractivity contribution in [3.8, 4) is 0 Å². The molecule has 0 unspecified atom stereocenters. The van der Waals surface area contributed by atoms with Gasteiger partial charge in [0.05, 0.1) is 5.52 Å². The van der Waals surface area contributed by atoms with Crippen molar-refractivity contribution in [2.45, 2.75) is 13.8 Å². The SMILES string of the molecule is CC(C)C(=O)n1ccc2ccccc21. The van der Waals surface area contributed by atoms with Gasteiger partial charge in [-0.2, -0.15) is 0 Å². The molecular formula is C12H13NO. The Labute approximate surface area is 83.2 Å². The fourth-order valence-electron chi connectivity index (χ4n) is 1.55. The van der Waals surface area contributed by atoms with E-state index in [4.69, 9.17) is 0 Å². The molecule has 2 rings (SSSR count). The maximum absolute atomic E-state index is 11.8. The lowest BCUT2D eigenvalue weighted by molar-refractivity contribution is 0.0861. The number of benzene rings is 1. The molecule has 2 heteroatoms. The Morgan fingerprint density at radius 1 is 1.21 bits per heavy atom. The third-order valence-electron chi connectivity index (χ3n) is 2.33. The van der Waals surface area contributed by atoms with Crippen LogP contribution in [0.25, 0.3) is 10.9 Å². The van der Waals surface area contributed by atoms with Gasteiger partial charge in [-0.3, -0.25) is 9.36 Å². The van der Waals surface area contributed by atoms with Crippen LogP contribution in [0.2, 0.25) is 0 Å². The minimum absolute atomic E-state index is 0.0332. The van der Waals surface area contributed by atoms with Crippen LogP contribution in [0.1, 0.15) is 18.6 Å². The van der Waals surface area contributed by atoms with Gasteiger partial charge in [-0.05, 0) is 12.1 Å². The molecule has 0 N–H and O–H groups in total. The van der Waals surface area contributed by atoms with Crippen molar-refractivity contribution in [1.82, 2.24) is 4.57 Å². The number of rotatable bonds is 1. The van der Waals surface area contributed by atoms with E-state index >= 15 is 0 Å². The summed E-state index contributed by atoms with van der Waals surface area (Å²) < 4.78 is 1.72. The number of fused-ring (bicyclic) bond motifs is 1. The van der Waals surface area contributed by atoms with Crippen molar-refractivity contribution in [3.05, 3.63) is 36.5 Å². The average Bonchev–Trinajstić information content (AvgIpc) is 2.60. The Hall–Kier alpha value is -1.57. The molecule has 1 heterocycles. The zero-order valence-electron chi connectivity index (χ0n) is 8.40. The van der Waals surface area contributed by atoms with E-state index in [1.807, 2.05) is 50.4 Å². The van der Waals surface area contributed by atoms with Crippen LogP contribution < -0.4 is 0 Å². The monoisotopic (exact) mass is 187 g/mol. The molecule has 0 spiro atoms. The average molecular weight is 187 g/mol. The Kier molecular flexibility index (Phi) is 2.12.